The van der Waals surface area contributed by atoms with Crippen LogP contribution in [-0.4, -0.2) is 24.0 Å². The van der Waals surface area contributed by atoms with E-state index in [4.69, 9.17) is 4.74 Å². The maximum Gasteiger partial charge on any atom is 0.229 e. The first kappa shape index (κ1) is 11.6. The first-order valence-electron chi connectivity index (χ1n) is 5.88. The van der Waals surface area contributed by atoms with E-state index in [0.717, 1.165) is 0 Å². The highest BCUT2D eigenvalue weighted by atomic mass is 16.5. The summed E-state index contributed by atoms with van der Waals surface area (Å²) in [6.45, 7) is 1.51. The lowest BCUT2D eigenvalue weighted by Gasteiger charge is -2.24. The summed E-state index contributed by atoms with van der Waals surface area (Å²) >= 11 is 0. The van der Waals surface area contributed by atoms with Gasteiger partial charge >= 0.3 is 0 Å². The van der Waals surface area contributed by atoms with Crippen molar-refractivity contribution in [3.05, 3.63) is 58.4 Å². The van der Waals surface area contributed by atoms with E-state index in [1.807, 2.05) is 0 Å². The van der Waals surface area contributed by atoms with Crippen LogP contribution in [0.2, 0.25) is 0 Å². The van der Waals surface area contributed by atoms with Gasteiger partial charge < -0.3 is 4.74 Å². The topological polar surface area (TPSA) is 60.4 Å². The molecule has 0 bridgehead atoms. The van der Waals surface area contributed by atoms with Crippen LogP contribution >= 0.6 is 0 Å². The van der Waals surface area contributed by atoms with Gasteiger partial charge in [-0.15, -0.1) is 0 Å². The third-order valence-electron chi connectivity index (χ3n) is 3.24. The van der Waals surface area contributed by atoms with Gasteiger partial charge in [-0.05, 0) is 13.0 Å². The Kier molecular flexibility index (Phi) is 2.45. The molecule has 1 aromatic rings. The van der Waals surface area contributed by atoms with Crippen LogP contribution in [0.4, 0.5) is 0 Å². The minimum atomic E-state index is -0.336. The number of fused-ring (bicyclic) bond motifs is 1. The molecule has 0 amide bonds. The van der Waals surface area contributed by atoms with Crippen LogP contribution in [-0.2, 0) is 9.53 Å². The van der Waals surface area contributed by atoms with Gasteiger partial charge in [0.1, 0.15) is 6.61 Å². The molecular weight excluding hydrogens is 244 g/mol. The second-order valence-electron chi connectivity index (χ2n) is 4.39. The van der Waals surface area contributed by atoms with E-state index in [2.05, 4.69) is 0 Å². The lowest BCUT2D eigenvalue weighted by Crippen LogP contribution is -2.28. The quantitative estimate of drug-likeness (QED) is 0.767. The third kappa shape index (κ3) is 1.57. The SMILES string of the molecule is CC(=O)C1=CCOC2=C1C(=O)c1ccccc1C2=O. The Morgan fingerprint density at radius 2 is 1.74 bits per heavy atom. The van der Waals surface area contributed by atoms with Crippen molar-refractivity contribution in [1.29, 1.82) is 0 Å². The number of benzene rings is 1. The minimum Gasteiger partial charge on any atom is -0.485 e. The molecule has 19 heavy (non-hydrogen) atoms. The van der Waals surface area contributed by atoms with Gasteiger partial charge in [0.2, 0.25) is 5.78 Å². The van der Waals surface area contributed by atoms with Crippen LogP contribution in [0.3, 0.4) is 0 Å². The lowest BCUT2D eigenvalue weighted by molar-refractivity contribution is -0.113. The van der Waals surface area contributed by atoms with Crippen molar-refractivity contribution >= 4 is 17.3 Å². The number of carbonyl (C=O) groups is 3. The van der Waals surface area contributed by atoms with Crippen molar-refractivity contribution < 1.29 is 19.1 Å². The maximum atomic E-state index is 12.4. The van der Waals surface area contributed by atoms with Gasteiger partial charge in [0, 0.05) is 16.7 Å². The molecule has 0 spiro atoms. The highest BCUT2D eigenvalue weighted by molar-refractivity contribution is 6.30. The van der Waals surface area contributed by atoms with Crippen LogP contribution in [0.15, 0.2) is 47.2 Å². The summed E-state index contributed by atoms with van der Waals surface area (Å²) in [5, 5.41) is 0. The van der Waals surface area contributed by atoms with Crippen LogP contribution < -0.4 is 0 Å². The Labute approximate surface area is 109 Å². The molecule has 3 rings (SSSR count). The summed E-state index contributed by atoms with van der Waals surface area (Å²) in [6, 6.07) is 6.57. The van der Waals surface area contributed by atoms with E-state index in [1.165, 1.54) is 6.92 Å². The van der Waals surface area contributed by atoms with E-state index in [-0.39, 0.29) is 40.9 Å². The van der Waals surface area contributed by atoms with Crippen molar-refractivity contribution in [2.24, 2.45) is 0 Å². The number of Topliss-reactive ketones (excluding diaryl/α,β-unsaturated/α-hetero) is 3. The molecule has 1 heterocycles. The van der Waals surface area contributed by atoms with E-state index in [1.54, 1.807) is 30.3 Å². The summed E-state index contributed by atoms with van der Waals surface area (Å²) in [5.74, 6) is -0.906. The van der Waals surface area contributed by atoms with Crippen molar-refractivity contribution in [2.45, 2.75) is 6.92 Å². The number of hydrogen-bond acceptors (Lipinski definition) is 4. The van der Waals surface area contributed by atoms with Crippen molar-refractivity contribution in [3.8, 4) is 0 Å². The molecule has 0 saturated heterocycles. The molecule has 0 N–H and O–H groups in total. The average Bonchev–Trinajstić information content (AvgIpc) is 2.44. The highest BCUT2D eigenvalue weighted by Crippen LogP contribution is 2.33. The molecule has 4 heteroatoms. The molecule has 4 nitrogen and oxygen atoms in total. The predicted molar refractivity (Wildman–Crippen MR) is 66.8 cm³/mol. The Bertz CT molecular complexity index is 692. The van der Waals surface area contributed by atoms with E-state index < -0.39 is 0 Å². The van der Waals surface area contributed by atoms with Crippen LogP contribution in [0, 0.1) is 0 Å². The average molecular weight is 254 g/mol. The Morgan fingerprint density at radius 1 is 1.11 bits per heavy atom. The molecule has 94 valence electrons. The van der Waals surface area contributed by atoms with Crippen LogP contribution in [0.25, 0.3) is 0 Å². The summed E-state index contributed by atoms with van der Waals surface area (Å²) in [5.41, 5.74) is 1.02. The number of carbonyl (C=O) groups excluding carboxylic acids is 3. The fraction of sp³-hybridized carbons (Fsp3) is 0.133. The summed E-state index contributed by atoms with van der Waals surface area (Å²) in [4.78, 5) is 36.3. The largest absolute Gasteiger partial charge is 0.485 e. The second kappa shape index (κ2) is 4.02. The number of allylic oxidation sites excluding steroid dienone is 3. The lowest BCUT2D eigenvalue weighted by atomic mass is 9.83. The summed E-state index contributed by atoms with van der Waals surface area (Å²) in [7, 11) is 0. The number of ketones is 3. The van der Waals surface area contributed by atoms with E-state index >= 15 is 0 Å². The Balaban J connectivity index is 2.25. The van der Waals surface area contributed by atoms with E-state index in [0.29, 0.717) is 11.1 Å². The normalized spacial score (nSPS) is 17.4. The van der Waals surface area contributed by atoms with Crippen molar-refractivity contribution in [2.75, 3.05) is 6.61 Å². The van der Waals surface area contributed by atoms with Gasteiger partial charge in [0.05, 0.1) is 5.57 Å². The molecule has 1 aliphatic carbocycles. The molecule has 0 atom stereocenters. The highest BCUT2D eigenvalue weighted by Gasteiger charge is 2.37. The first-order chi connectivity index (χ1) is 9.11. The fourth-order valence-corrected chi connectivity index (χ4v) is 2.37. The molecule has 0 radical (unpaired) electrons. The Morgan fingerprint density at radius 3 is 2.37 bits per heavy atom. The van der Waals surface area contributed by atoms with Gasteiger partial charge in [0.15, 0.2) is 17.3 Å². The van der Waals surface area contributed by atoms with Gasteiger partial charge in [-0.3, -0.25) is 14.4 Å². The molecule has 1 aromatic carbocycles. The van der Waals surface area contributed by atoms with Gasteiger partial charge in [-0.1, -0.05) is 24.3 Å². The third-order valence-corrected chi connectivity index (χ3v) is 3.24. The molecule has 0 aromatic heterocycles. The molecule has 0 fully saturated rings. The first-order valence-corrected chi connectivity index (χ1v) is 5.88. The predicted octanol–water partition coefficient (Wildman–Crippen LogP) is 1.87. The second-order valence-corrected chi connectivity index (χ2v) is 4.39. The van der Waals surface area contributed by atoms with Gasteiger partial charge in [-0.2, -0.15) is 0 Å². The number of rotatable bonds is 1. The molecule has 1 aliphatic heterocycles. The standard InChI is InChI=1S/C15H10O4/c1-8(16)9-6-7-19-15-12(9)13(17)10-4-2-3-5-11(10)14(15)18/h2-6H,7H2,1H3. The Hall–Kier alpha value is -2.49. The summed E-state index contributed by atoms with van der Waals surface area (Å²) < 4.78 is 5.28. The summed E-state index contributed by atoms with van der Waals surface area (Å²) in [6.07, 6.45) is 1.54. The number of hydrogen-bond donors (Lipinski definition) is 0. The number of ether oxygens (including phenoxy) is 1. The smallest absolute Gasteiger partial charge is 0.229 e. The van der Waals surface area contributed by atoms with Gasteiger partial charge in [-0.25, -0.2) is 0 Å². The van der Waals surface area contributed by atoms with Gasteiger partial charge in [0.25, 0.3) is 0 Å². The zero-order valence-electron chi connectivity index (χ0n) is 10.2. The molecular formula is C15H10O4. The molecule has 2 aliphatic rings. The van der Waals surface area contributed by atoms with E-state index in [9.17, 15) is 14.4 Å². The van der Waals surface area contributed by atoms with Crippen molar-refractivity contribution in [3.63, 3.8) is 0 Å². The van der Waals surface area contributed by atoms with Crippen LogP contribution in [0.1, 0.15) is 27.6 Å². The zero-order valence-corrected chi connectivity index (χ0v) is 10.2. The van der Waals surface area contributed by atoms with Crippen molar-refractivity contribution in [1.82, 2.24) is 0 Å². The zero-order chi connectivity index (χ0) is 13.6. The molecule has 0 saturated carbocycles. The minimum absolute atomic E-state index is 0.00333. The monoisotopic (exact) mass is 254 g/mol. The molecule has 0 unspecified atom stereocenters. The maximum absolute atomic E-state index is 12.4. The van der Waals surface area contributed by atoms with Crippen LogP contribution in [0.5, 0.6) is 0 Å². The fourth-order valence-electron chi connectivity index (χ4n) is 2.37.